The lowest BCUT2D eigenvalue weighted by molar-refractivity contribution is 0.0942. The van der Waals surface area contributed by atoms with E-state index < -0.39 is 16.1 Å². The molecule has 1 heterocycles. The molecule has 0 spiro atoms. The summed E-state index contributed by atoms with van der Waals surface area (Å²) in [5.74, 6) is 0.727. The lowest BCUT2D eigenvalue weighted by Crippen LogP contribution is -2.43. The molecule has 1 fully saturated rings. The summed E-state index contributed by atoms with van der Waals surface area (Å²) in [7, 11) is -3.30. The van der Waals surface area contributed by atoms with Crippen LogP contribution in [0.25, 0.3) is 0 Å². The van der Waals surface area contributed by atoms with Crippen LogP contribution in [-0.2, 0) is 10.0 Å². The molecule has 6 heteroatoms. The van der Waals surface area contributed by atoms with Gasteiger partial charge in [-0.1, -0.05) is 19.1 Å². The van der Waals surface area contributed by atoms with E-state index in [1.807, 2.05) is 0 Å². The average molecular weight is 290 g/mol. The number of nitrogens with one attached hydrogen (secondary N) is 1. The third-order valence-electron chi connectivity index (χ3n) is 3.44. The van der Waals surface area contributed by atoms with E-state index in [9.17, 15) is 13.5 Å². The van der Waals surface area contributed by atoms with Crippen molar-refractivity contribution in [2.75, 3.05) is 31.9 Å². The van der Waals surface area contributed by atoms with Gasteiger partial charge in [0.1, 0.15) is 0 Å². The van der Waals surface area contributed by atoms with Crippen molar-refractivity contribution >= 4 is 10.0 Å². The van der Waals surface area contributed by atoms with Crippen molar-refractivity contribution in [2.45, 2.75) is 32.8 Å². The maximum absolute atomic E-state index is 11.5. The summed E-state index contributed by atoms with van der Waals surface area (Å²) in [6.07, 6.45) is 4.94. The number of piperidine rings is 1. The first-order valence-electron chi connectivity index (χ1n) is 6.92. The SMILES string of the molecule is CC=CCS(=O)(=O)NCC(O)CN1CCC(C)CC1. The van der Waals surface area contributed by atoms with Crippen molar-refractivity contribution < 1.29 is 13.5 Å². The first kappa shape index (κ1) is 16.6. The largest absolute Gasteiger partial charge is 0.390 e. The van der Waals surface area contributed by atoms with Gasteiger partial charge in [0.05, 0.1) is 11.9 Å². The van der Waals surface area contributed by atoms with Crippen molar-refractivity contribution in [3.8, 4) is 0 Å². The van der Waals surface area contributed by atoms with Gasteiger partial charge in [-0.15, -0.1) is 0 Å². The van der Waals surface area contributed by atoms with Gasteiger partial charge in [0, 0.05) is 13.1 Å². The van der Waals surface area contributed by atoms with Crippen molar-refractivity contribution in [1.82, 2.24) is 9.62 Å². The van der Waals surface area contributed by atoms with Gasteiger partial charge in [-0.2, -0.15) is 0 Å². The van der Waals surface area contributed by atoms with Gasteiger partial charge >= 0.3 is 0 Å². The Kier molecular flexibility index (Phi) is 6.99. The van der Waals surface area contributed by atoms with E-state index in [0.717, 1.165) is 31.8 Å². The van der Waals surface area contributed by atoms with Crippen LogP contribution in [0.1, 0.15) is 26.7 Å². The summed E-state index contributed by atoms with van der Waals surface area (Å²) in [6.45, 7) is 6.63. The van der Waals surface area contributed by atoms with Crippen LogP contribution in [0.3, 0.4) is 0 Å². The first-order valence-corrected chi connectivity index (χ1v) is 8.57. The predicted molar refractivity (Wildman–Crippen MR) is 77.4 cm³/mol. The molecule has 19 heavy (non-hydrogen) atoms. The Balaban J connectivity index is 2.26. The number of aliphatic hydroxyl groups excluding tert-OH is 1. The van der Waals surface area contributed by atoms with Gasteiger partial charge in [-0.3, -0.25) is 0 Å². The predicted octanol–water partition coefficient (Wildman–Crippen LogP) is 0.575. The zero-order valence-corrected chi connectivity index (χ0v) is 12.7. The molecule has 1 saturated heterocycles. The molecule has 0 radical (unpaired) electrons. The monoisotopic (exact) mass is 290 g/mol. The molecule has 5 nitrogen and oxygen atoms in total. The summed E-state index contributed by atoms with van der Waals surface area (Å²) in [5.41, 5.74) is 0. The number of allylic oxidation sites excluding steroid dienone is 1. The molecule has 2 N–H and O–H groups in total. The molecule has 1 rings (SSSR count). The van der Waals surface area contributed by atoms with Crippen LogP contribution >= 0.6 is 0 Å². The highest BCUT2D eigenvalue weighted by molar-refractivity contribution is 7.89. The van der Waals surface area contributed by atoms with Crippen LogP contribution in [0.2, 0.25) is 0 Å². The van der Waals surface area contributed by atoms with E-state index in [0.29, 0.717) is 6.54 Å². The summed E-state index contributed by atoms with van der Waals surface area (Å²) in [6, 6.07) is 0. The van der Waals surface area contributed by atoms with Gasteiger partial charge in [-0.05, 0) is 38.8 Å². The van der Waals surface area contributed by atoms with Crippen molar-refractivity contribution in [1.29, 1.82) is 0 Å². The molecular weight excluding hydrogens is 264 g/mol. The second-order valence-electron chi connectivity index (χ2n) is 5.34. The Bertz CT molecular complexity index is 373. The molecule has 1 unspecified atom stereocenters. The third-order valence-corrected chi connectivity index (χ3v) is 4.67. The topological polar surface area (TPSA) is 69.6 Å². The molecule has 0 aromatic heterocycles. The second kappa shape index (κ2) is 7.99. The maximum Gasteiger partial charge on any atom is 0.215 e. The average Bonchev–Trinajstić information content (AvgIpc) is 2.37. The van der Waals surface area contributed by atoms with E-state index in [4.69, 9.17) is 0 Å². The Morgan fingerprint density at radius 3 is 2.63 bits per heavy atom. The van der Waals surface area contributed by atoms with Gasteiger partial charge in [0.25, 0.3) is 0 Å². The molecular formula is C13H26N2O3S. The van der Waals surface area contributed by atoms with Crippen LogP contribution < -0.4 is 4.72 Å². The van der Waals surface area contributed by atoms with E-state index >= 15 is 0 Å². The molecule has 1 aliphatic rings. The van der Waals surface area contributed by atoms with E-state index in [2.05, 4.69) is 16.5 Å². The van der Waals surface area contributed by atoms with Crippen LogP contribution in [0.4, 0.5) is 0 Å². The molecule has 112 valence electrons. The Hall–Kier alpha value is -0.430. The number of hydrogen-bond donors (Lipinski definition) is 2. The normalized spacial score (nSPS) is 21.0. The minimum absolute atomic E-state index is 0.0303. The van der Waals surface area contributed by atoms with Crippen LogP contribution in [0.5, 0.6) is 0 Å². The number of β-amino-alcohol motifs (C(OH)–C–C–N with tert-alkyl or cyclic N) is 1. The zero-order chi connectivity index (χ0) is 14.3. The fourth-order valence-electron chi connectivity index (χ4n) is 2.11. The Morgan fingerprint density at radius 1 is 1.42 bits per heavy atom. The van der Waals surface area contributed by atoms with Gasteiger partial charge < -0.3 is 10.0 Å². The van der Waals surface area contributed by atoms with Crippen LogP contribution in [0.15, 0.2) is 12.2 Å². The minimum atomic E-state index is -3.30. The zero-order valence-electron chi connectivity index (χ0n) is 11.9. The van der Waals surface area contributed by atoms with Crippen molar-refractivity contribution in [3.05, 3.63) is 12.2 Å². The van der Waals surface area contributed by atoms with Crippen molar-refractivity contribution in [2.24, 2.45) is 5.92 Å². The Labute approximate surface area is 116 Å². The van der Waals surface area contributed by atoms with Crippen LogP contribution in [-0.4, -0.2) is 56.5 Å². The highest BCUT2D eigenvalue weighted by Crippen LogP contribution is 2.15. The number of sulfonamides is 1. The first-order chi connectivity index (χ1) is 8.93. The van der Waals surface area contributed by atoms with Crippen LogP contribution in [0, 0.1) is 5.92 Å². The second-order valence-corrected chi connectivity index (χ2v) is 7.19. The summed E-state index contributed by atoms with van der Waals surface area (Å²) in [4.78, 5) is 2.20. The van der Waals surface area contributed by atoms with E-state index in [-0.39, 0.29) is 12.3 Å². The quantitative estimate of drug-likeness (QED) is 0.673. The molecule has 1 atom stereocenters. The molecule has 0 bridgehead atoms. The molecule has 0 aliphatic carbocycles. The Morgan fingerprint density at radius 2 is 2.05 bits per heavy atom. The van der Waals surface area contributed by atoms with Crippen molar-refractivity contribution in [3.63, 3.8) is 0 Å². The van der Waals surface area contributed by atoms with Gasteiger partial charge in [0.2, 0.25) is 10.0 Å². The van der Waals surface area contributed by atoms with Gasteiger partial charge in [0.15, 0.2) is 0 Å². The molecule has 0 aromatic rings. The molecule has 1 aliphatic heterocycles. The number of likely N-dealkylation sites (tertiary alicyclic amines) is 1. The summed E-state index contributed by atoms with van der Waals surface area (Å²) in [5, 5.41) is 9.87. The summed E-state index contributed by atoms with van der Waals surface area (Å²) < 4.78 is 25.5. The highest BCUT2D eigenvalue weighted by Gasteiger charge is 2.19. The molecule has 0 saturated carbocycles. The van der Waals surface area contributed by atoms with E-state index in [1.54, 1.807) is 19.1 Å². The molecule has 0 amide bonds. The van der Waals surface area contributed by atoms with Gasteiger partial charge in [-0.25, -0.2) is 13.1 Å². The summed E-state index contributed by atoms with van der Waals surface area (Å²) >= 11 is 0. The fraction of sp³-hybridized carbons (Fsp3) is 0.846. The lowest BCUT2D eigenvalue weighted by atomic mass is 9.99. The lowest BCUT2D eigenvalue weighted by Gasteiger charge is -2.31. The maximum atomic E-state index is 11.5. The fourth-order valence-corrected chi connectivity index (χ4v) is 3.12. The number of aliphatic hydroxyl groups is 1. The van der Waals surface area contributed by atoms with E-state index in [1.165, 1.54) is 0 Å². The number of rotatable bonds is 7. The standard InChI is InChI=1S/C13H26N2O3S/c1-3-4-9-19(17,18)14-10-13(16)11-15-7-5-12(2)6-8-15/h3-4,12-14,16H,5-11H2,1-2H3. The smallest absolute Gasteiger partial charge is 0.215 e. The minimum Gasteiger partial charge on any atom is -0.390 e. The highest BCUT2D eigenvalue weighted by atomic mass is 32.2. The number of nitrogens with zero attached hydrogens (tertiary/aromatic N) is 1. The number of hydrogen-bond acceptors (Lipinski definition) is 4. The third kappa shape index (κ3) is 7.06. The molecule has 0 aromatic carbocycles.